The van der Waals surface area contributed by atoms with Crippen LogP contribution in [0, 0.1) is 0 Å². The molecule has 0 saturated carbocycles. The molecular weight excluding hydrogens is 206 g/mol. The van der Waals surface area contributed by atoms with E-state index in [4.69, 9.17) is 0 Å². The van der Waals surface area contributed by atoms with Gasteiger partial charge in [-0.05, 0) is 23.6 Å². The minimum absolute atomic E-state index is 0.984. The van der Waals surface area contributed by atoms with Crippen molar-refractivity contribution < 1.29 is 0 Å². The molecular formula is C16H15N. The van der Waals surface area contributed by atoms with Gasteiger partial charge in [-0.3, -0.25) is 4.99 Å². The second-order valence-electron chi connectivity index (χ2n) is 3.85. The van der Waals surface area contributed by atoms with Crippen LogP contribution in [-0.4, -0.2) is 6.21 Å². The van der Waals surface area contributed by atoms with Crippen molar-refractivity contribution in [3.05, 3.63) is 78.0 Å². The van der Waals surface area contributed by atoms with Crippen LogP contribution in [0.5, 0.6) is 0 Å². The summed E-state index contributed by atoms with van der Waals surface area (Å²) in [4.78, 5) is 4.46. The summed E-state index contributed by atoms with van der Waals surface area (Å²) in [6, 6.07) is 10.2. The van der Waals surface area contributed by atoms with Crippen molar-refractivity contribution >= 4 is 11.8 Å². The molecule has 0 N–H and O–H groups in total. The summed E-state index contributed by atoms with van der Waals surface area (Å²) in [7, 11) is 0. The number of hydrogen-bond acceptors (Lipinski definition) is 1. The number of benzene rings is 1. The molecule has 2 rings (SSSR count). The van der Waals surface area contributed by atoms with Crippen LogP contribution in [0.1, 0.15) is 12.5 Å². The van der Waals surface area contributed by atoms with E-state index in [9.17, 15) is 0 Å². The van der Waals surface area contributed by atoms with E-state index in [2.05, 4.69) is 29.8 Å². The van der Waals surface area contributed by atoms with Gasteiger partial charge < -0.3 is 0 Å². The Hall–Kier alpha value is -2.15. The first kappa shape index (κ1) is 11.3. The highest BCUT2D eigenvalue weighted by atomic mass is 14.7. The molecule has 0 spiro atoms. The summed E-state index contributed by atoms with van der Waals surface area (Å²) in [5, 5.41) is 0. The van der Waals surface area contributed by atoms with E-state index in [0.29, 0.717) is 0 Å². The van der Waals surface area contributed by atoms with E-state index in [1.54, 1.807) is 0 Å². The van der Waals surface area contributed by atoms with Gasteiger partial charge in [0.05, 0.1) is 0 Å². The molecule has 0 aromatic heterocycles. The quantitative estimate of drug-likeness (QED) is 0.710. The summed E-state index contributed by atoms with van der Waals surface area (Å²) in [5.41, 5.74) is 4.34. The lowest BCUT2D eigenvalue weighted by atomic mass is 10.1. The Bertz CT molecular complexity index is 528. The Morgan fingerprint density at radius 2 is 1.94 bits per heavy atom. The molecule has 84 valence electrons. The van der Waals surface area contributed by atoms with Crippen molar-refractivity contribution in [3.8, 4) is 0 Å². The number of hydrogen-bond donors (Lipinski definition) is 0. The van der Waals surface area contributed by atoms with Crippen molar-refractivity contribution in [2.45, 2.75) is 6.92 Å². The van der Waals surface area contributed by atoms with Crippen LogP contribution < -0.4 is 0 Å². The Kier molecular flexibility index (Phi) is 3.51. The molecule has 1 aromatic carbocycles. The van der Waals surface area contributed by atoms with E-state index in [0.717, 1.165) is 16.8 Å². The zero-order valence-corrected chi connectivity index (χ0v) is 9.93. The third-order valence-corrected chi connectivity index (χ3v) is 2.69. The lowest BCUT2D eigenvalue weighted by Gasteiger charge is -2.05. The van der Waals surface area contributed by atoms with Gasteiger partial charge in [-0.2, -0.15) is 0 Å². The Morgan fingerprint density at radius 1 is 1.18 bits per heavy atom. The monoisotopic (exact) mass is 221 g/mol. The zero-order chi connectivity index (χ0) is 12.1. The molecule has 1 aromatic rings. The molecule has 0 radical (unpaired) electrons. The Balaban J connectivity index is 2.37. The average Bonchev–Trinajstić information content (AvgIpc) is 2.36. The maximum absolute atomic E-state index is 4.46. The molecule has 0 atom stereocenters. The molecule has 1 nitrogen and oxygen atoms in total. The van der Waals surface area contributed by atoms with E-state index < -0.39 is 0 Å². The minimum atomic E-state index is 0.984. The van der Waals surface area contributed by atoms with Gasteiger partial charge in [-0.15, -0.1) is 0 Å². The highest BCUT2D eigenvalue weighted by Crippen LogP contribution is 2.17. The first-order chi connectivity index (χ1) is 8.31. The third-order valence-electron chi connectivity index (χ3n) is 2.69. The maximum atomic E-state index is 4.46. The van der Waals surface area contributed by atoms with Crippen LogP contribution in [0.2, 0.25) is 0 Å². The molecule has 1 heteroatoms. The van der Waals surface area contributed by atoms with Crippen LogP contribution in [0.15, 0.2) is 77.5 Å². The number of aliphatic imine (C=N–C) groups is 1. The summed E-state index contributed by atoms with van der Waals surface area (Å²) in [6.07, 6.45) is 9.85. The van der Waals surface area contributed by atoms with Crippen LogP contribution >= 0.6 is 0 Å². The summed E-state index contributed by atoms with van der Waals surface area (Å²) < 4.78 is 0. The predicted octanol–water partition coefficient (Wildman–Crippen LogP) is 4.17. The van der Waals surface area contributed by atoms with Crippen molar-refractivity contribution in [3.63, 3.8) is 0 Å². The van der Waals surface area contributed by atoms with Crippen LogP contribution in [0.3, 0.4) is 0 Å². The molecule has 0 bridgehead atoms. The summed E-state index contributed by atoms with van der Waals surface area (Å²) >= 11 is 0. The Labute approximate surface area is 102 Å². The van der Waals surface area contributed by atoms with Gasteiger partial charge in [0, 0.05) is 11.9 Å². The van der Waals surface area contributed by atoms with Gasteiger partial charge in [0.2, 0.25) is 0 Å². The highest BCUT2D eigenvalue weighted by molar-refractivity contribution is 6.10. The maximum Gasteiger partial charge on any atom is 0.0444 e. The van der Waals surface area contributed by atoms with Crippen LogP contribution in [0.25, 0.3) is 5.57 Å². The van der Waals surface area contributed by atoms with Crippen molar-refractivity contribution in [2.75, 3.05) is 0 Å². The van der Waals surface area contributed by atoms with Crippen LogP contribution in [0.4, 0.5) is 0 Å². The first-order valence-corrected chi connectivity index (χ1v) is 5.62. The fourth-order valence-electron chi connectivity index (χ4n) is 1.68. The van der Waals surface area contributed by atoms with Crippen molar-refractivity contribution in [1.29, 1.82) is 0 Å². The van der Waals surface area contributed by atoms with Gasteiger partial charge in [-0.1, -0.05) is 61.2 Å². The van der Waals surface area contributed by atoms with Gasteiger partial charge in [0.1, 0.15) is 0 Å². The molecule has 0 amide bonds. The fourth-order valence-corrected chi connectivity index (χ4v) is 1.68. The Morgan fingerprint density at radius 3 is 2.65 bits per heavy atom. The predicted molar refractivity (Wildman–Crippen MR) is 74.9 cm³/mol. The molecule has 1 aliphatic heterocycles. The third kappa shape index (κ3) is 2.70. The number of rotatable bonds is 2. The topological polar surface area (TPSA) is 12.4 Å². The SMILES string of the molecule is C=CC1=C(C)N=C/C(c2ccccc2)=C/C=C1. The van der Waals surface area contributed by atoms with E-state index in [1.165, 1.54) is 5.56 Å². The number of allylic oxidation sites excluding steroid dienone is 7. The lowest BCUT2D eigenvalue weighted by Crippen LogP contribution is -1.89. The molecule has 0 unspecified atom stereocenters. The van der Waals surface area contributed by atoms with E-state index >= 15 is 0 Å². The van der Waals surface area contributed by atoms with Gasteiger partial charge in [0.25, 0.3) is 0 Å². The van der Waals surface area contributed by atoms with Crippen LogP contribution in [-0.2, 0) is 0 Å². The molecule has 0 aliphatic carbocycles. The van der Waals surface area contributed by atoms with Gasteiger partial charge in [0.15, 0.2) is 0 Å². The summed E-state index contributed by atoms with van der Waals surface area (Å²) in [6.45, 7) is 5.77. The smallest absolute Gasteiger partial charge is 0.0444 e. The normalized spacial score (nSPS) is 18.3. The second-order valence-corrected chi connectivity index (χ2v) is 3.85. The molecule has 0 fully saturated rings. The van der Waals surface area contributed by atoms with Crippen molar-refractivity contribution in [1.82, 2.24) is 0 Å². The lowest BCUT2D eigenvalue weighted by molar-refractivity contribution is 1.28. The van der Waals surface area contributed by atoms with Gasteiger partial charge in [-0.25, -0.2) is 0 Å². The first-order valence-electron chi connectivity index (χ1n) is 5.62. The zero-order valence-electron chi connectivity index (χ0n) is 9.93. The van der Waals surface area contributed by atoms with E-state index in [1.807, 2.05) is 49.6 Å². The standard InChI is InChI=1S/C16H15N/c1-3-14-10-7-11-16(12-17-13(14)2)15-8-5-4-6-9-15/h3-12H,1H2,2H3/b10-7?,11-7?,14-10?,14-13?,16-11-,16-12?,17-12?,17-13?. The van der Waals surface area contributed by atoms with Gasteiger partial charge >= 0.3 is 0 Å². The molecule has 17 heavy (non-hydrogen) atoms. The van der Waals surface area contributed by atoms with Crippen molar-refractivity contribution in [2.24, 2.45) is 4.99 Å². The van der Waals surface area contributed by atoms with E-state index in [-0.39, 0.29) is 0 Å². The summed E-state index contributed by atoms with van der Waals surface area (Å²) in [5.74, 6) is 0. The minimum Gasteiger partial charge on any atom is -0.260 e. The number of nitrogens with zero attached hydrogens (tertiary/aromatic N) is 1. The molecule has 0 saturated heterocycles. The fraction of sp³-hybridized carbons (Fsp3) is 0.0625. The largest absolute Gasteiger partial charge is 0.260 e. The molecule has 1 heterocycles. The molecule has 1 aliphatic rings. The second kappa shape index (κ2) is 5.26. The highest BCUT2D eigenvalue weighted by Gasteiger charge is 2.00. The average molecular weight is 221 g/mol.